The Hall–Kier alpha value is -2.61. The van der Waals surface area contributed by atoms with E-state index < -0.39 is 29.9 Å². The lowest BCUT2D eigenvalue weighted by Gasteiger charge is -2.32. The summed E-state index contributed by atoms with van der Waals surface area (Å²) >= 11 is 5.85. The largest absolute Gasteiger partial charge is 0.452 e. The first kappa shape index (κ1) is 20.1. The number of amides is 4. The van der Waals surface area contributed by atoms with Gasteiger partial charge in [0.2, 0.25) is 0 Å². The Morgan fingerprint density at radius 1 is 1.21 bits per heavy atom. The summed E-state index contributed by atoms with van der Waals surface area (Å²) in [5.74, 6) is -1.76. The number of piperidine rings is 1. The maximum absolute atomic E-state index is 12.6. The number of ether oxygens (including phenoxy) is 1. The van der Waals surface area contributed by atoms with Gasteiger partial charge in [0.15, 0.2) is 6.10 Å². The first-order chi connectivity index (χ1) is 13.4. The summed E-state index contributed by atoms with van der Waals surface area (Å²) < 4.78 is 5.30. The van der Waals surface area contributed by atoms with E-state index in [0.29, 0.717) is 36.5 Å². The van der Waals surface area contributed by atoms with E-state index in [4.69, 9.17) is 16.3 Å². The molecule has 1 N–H and O–H groups in total. The summed E-state index contributed by atoms with van der Waals surface area (Å²) in [4.78, 5) is 51.7. The molecule has 28 heavy (non-hydrogen) atoms. The molecule has 4 amide bonds. The minimum absolute atomic E-state index is 0.174. The highest BCUT2D eigenvalue weighted by atomic mass is 35.5. The summed E-state index contributed by atoms with van der Waals surface area (Å²) in [5.41, 5.74) is 0.502. The molecule has 0 spiro atoms. The maximum Gasteiger partial charge on any atom is 0.324 e. The van der Waals surface area contributed by atoms with Crippen molar-refractivity contribution in [2.75, 3.05) is 26.2 Å². The Labute approximate surface area is 167 Å². The number of imide groups is 1. The molecule has 2 fully saturated rings. The van der Waals surface area contributed by atoms with E-state index in [1.807, 2.05) is 0 Å². The van der Waals surface area contributed by atoms with E-state index in [0.717, 1.165) is 4.90 Å². The van der Waals surface area contributed by atoms with E-state index in [1.54, 1.807) is 29.2 Å². The normalized spacial score (nSPS) is 20.5. The van der Waals surface area contributed by atoms with Gasteiger partial charge in [-0.2, -0.15) is 0 Å². The predicted molar refractivity (Wildman–Crippen MR) is 101 cm³/mol. The van der Waals surface area contributed by atoms with Gasteiger partial charge < -0.3 is 15.0 Å². The van der Waals surface area contributed by atoms with Gasteiger partial charge in [-0.1, -0.05) is 11.6 Å². The van der Waals surface area contributed by atoms with E-state index in [2.05, 4.69) is 5.32 Å². The Balaban J connectivity index is 1.58. The van der Waals surface area contributed by atoms with Crippen molar-refractivity contribution < 1.29 is 23.9 Å². The van der Waals surface area contributed by atoms with Crippen LogP contribution in [0.3, 0.4) is 0 Å². The first-order valence-electron chi connectivity index (χ1n) is 9.21. The number of hydrogen-bond acceptors (Lipinski definition) is 5. The maximum atomic E-state index is 12.6. The molecule has 9 heteroatoms. The number of halogens is 1. The second kappa shape index (κ2) is 8.60. The van der Waals surface area contributed by atoms with Crippen LogP contribution < -0.4 is 5.32 Å². The van der Waals surface area contributed by atoms with Gasteiger partial charge in [0.05, 0.1) is 5.92 Å². The number of hydrogen-bond donors (Lipinski definition) is 1. The number of carbonyl (C=O) groups excluding carboxylic acids is 4. The SMILES string of the molecule is C[C@H](OC(=O)[C@@H]1CCCN(C(=O)c2ccc(Cl)cc2)C1)C(=O)N1CCNC1=O. The molecule has 0 saturated carbocycles. The van der Waals surface area contributed by atoms with Crippen molar-refractivity contribution in [3.8, 4) is 0 Å². The Morgan fingerprint density at radius 3 is 2.57 bits per heavy atom. The van der Waals surface area contributed by atoms with E-state index >= 15 is 0 Å². The van der Waals surface area contributed by atoms with Crippen LogP contribution in [0.2, 0.25) is 5.02 Å². The highest BCUT2D eigenvalue weighted by molar-refractivity contribution is 6.30. The molecule has 2 aliphatic rings. The van der Waals surface area contributed by atoms with Crippen molar-refractivity contribution in [3.05, 3.63) is 34.9 Å². The molecule has 2 heterocycles. The minimum Gasteiger partial charge on any atom is -0.452 e. The average Bonchev–Trinajstić information content (AvgIpc) is 3.13. The molecule has 2 aliphatic heterocycles. The lowest BCUT2D eigenvalue weighted by Crippen LogP contribution is -2.45. The van der Waals surface area contributed by atoms with Crippen LogP contribution in [0.25, 0.3) is 0 Å². The molecule has 0 aliphatic carbocycles. The molecule has 1 aromatic carbocycles. The van der Waals surface area contributed by atoms with Crippen molar-refractivity contribution in [1.82, 2.24) is 15.1 Å². The van der Waals surface area contributed by atoms with Gasteiger partial charge in [-0.3, -0.25) is 19.3 Å². The lowest BCUT2D eigenvalue weighted by molar-refractivity contribution is -0.162. The number of urea groups is 1. The monoisotopic (exact) mass is 407 g/mol. The third-order valence-electron chi connectivity index (χ3n) is 4.90. The van der Waals surface area contributed by atoms with Crippen LogP contribution in [-0.2, 0) is 14.3 Å². The highest BCUT2D eigenvalue weighted by Gasteiger charge is 2.35. The fourth-order valence-corrected chi connectivity index (χ4v) is 3.48. The van der Waals surface area contributed by atoms with Crippen molar-refractivity contribution in [3.63, 3.8) is 0 Å². The zero-order valence-electron chi connectivity index (χ0n) is 15.5. The van der Waals surface area contributed by atoms with E-state index in [-0.39, 0.29) is 19.0 Å². The number of esters is 1. The summed E-state index contributed by atoms with van der Waals surface area (Å²) in [5, 5.41) is 3.08. The molecule has 0 bridgehead atoms. The third-order valence-corrected chi connectivity index (χ3v) is 5.15. The smallest absolute Gasteiger partial charge is 0.324 e. The topological polar surface area (TPSA) is 96.0 Å². The molecular weight excluding hydrogens is 386 g/mol. The number of rotatable bonds is 4. The fourth-order valence-electron chi connectivity index (χ4n) is 3.35. The van der Waals surface area contributed by atoms with Crippen molar-refractivity contribution in [2.45, 2.75) is 25.9 Å². The molecule has 1 aromatic rings. The number of carbonyl (C=O) groups is 4. The van der Waals surface area contributed by atoms with Gasteiger partial charge in [-0.15, -0.1) is 0 Å². The predicted octanol–water partition coefficient (Wildman–Crippen LogP) is 1.68. The van der Waals surface area contributed by atoms with Crippen LogP contribution in [0.15, 0.2) is 24.3 Å². The van der Waals surface area contributed by atoms with Crippen LogP contribution in [0.1, 0.15) is 30.1 Å². The molecule has 3 rings (SSSR count). The second-order valence-electron chi connectivity index (χ2n) is 6.90. The number of likely N-dealkylation sites (tertiary alicyclic amines) is 1. The second-order valence-corrected chi connectivity index (χ2v) is 7.33. The van der Waals surface area contributed by atoms with Gasteiger partial charge in [-0.25, -0.2) is 4.79 Å². The molecular formula is C19H22ClN3O5. The number of nitrogens with zero attached hydrogens (tertiary/aromatic N) is 2. The van der Waals surface area contributed by atoms with Gasteiger partial charge in [-0.05, 0) is 44.0 Å². The molecule has 2 atom stereocenters. The van der Waals surface area contributed by atoms with Gasteiger partial charge in [0, 0.05) is 36.8 Å². The molecule has 0 aromatic heterocycles. The summed E-state index contributed by atoms with van der Waals surface area (Å²) in [7, 11) is 0. The lowest BCUT2D eigenvalue weighted by atomic mass is 9.97. The summed E-state index contributed by atoms with van der Waals surface area (Å²) in [6.45, 7) is 2.87. The van der Waals surface area contributed by atoms with Crippen LogP contribution in [0.5, 0.6) is 0 Å². The molecule has 0 radical (unpaired) electrons. The van der Waals surface area contributed by atoms with Gasteiger partial charge in [0.25, 0.3) is 11.8 Å². The number of nitrogens with one attached hydrogen (secondary N) is 1. The summed E-state index contributed by atoms with van der Waals surface area (Å²) in [6, 6.07) is 6.10. The highest BCUT2D eigenvalue weighted by Crippen LogP contribution is 2.21. The van der Waals surface area contributed by atoms with E-state index in [9.17, 15) is 19.2 Å². The van der Waals surface area contributed by atoms with Gasteiger partial charge >= 0.3 is 12.0 Å². The Bertz CT molecular complexity index is 782. The average molecular weight is 408 g/mol. The first-order valence-corrected chi connectivity index (χ1v) is 9.59. The molecule has 8 nitrogen and oxygen atoms in total. The van der Waals surface area contributed by atoms with Gasteiger partial charge in [0.1, 0.15) is 0 Å². The summed E-state index contributed by atoms with van der Waals surface area (Å²) in [6.07, 6.45) is 0.184. The third kappa shape index (κ3) is 4.44. The van der Waals surface area contributed by atoms with Crippen LogP contribution in [0, 0.1) is 5.92 Å². The van der Waals surface area contributed by atoms with Crippen molar-refractivity contribution in [1.29, 1.82) is 0 Å². The standard InChI is InChI=1S/C19H22ClN3O5/c1-12(16(24)23-10-8-21-19(23)27)28-18(26)14-3-2-9-22(11-14)17(25)13-4-6-15(20)7-5-13/h4-7,12,14H,2-3,8-11H2,1H3,(H,21,27)/t12-,14+/m0/s1. The Morgan fingerprint density at radius 2 is 1.93 bits per heavy atom. The molecule has 0 unspecified atom stereocenters. The quantitative estimate of drug-likeness (QED) is 0.766. The van der Waals surface area contributed by atoms with Crippen molar-refractivity contribution in [2.24, 2.45) is 5.92 Å². The van der Waals surface area contributed by atoms with Crippen LogP contribution in [-0.4, -0.2) is 65.9 Å². The van der Waals surface area contributed by atoms with Crippen molar-refractivity contribution >= 4 is 35.4 Å². The minimum atomic E-state index is -1.06. The van der Waals surface area contributed by atoms with Crippen LogP contribution in [0.4, 0.5) is 4.79 Å². The van der Waals surface area contributed by atoms with E-state index in [1.165, 1.54) is 6.92 Å². The fraction of sp³-hybridized carbons (Fsp3) is 0.474. The zero-order valence-corrected chi connectivity index (χ0v) is 16.3. The Kier molecular flexibility index (Phi) is 6.18. The zero-order chi connectivity index (χ0) is 20.3. The molecule has 150 valence electrons. The number of benzene rings is 1. The van der Waals surface area contributed by atoms with Crippen LogP contribution >= 0.6 is 11.6 Å². The molecule has 2 saturated heterocycles.